The van der Waals surface area contributed by atoms with Gasteiger partial charge in [0.25, 0.3) is 0 Å². The molecular formula is C21H24N2O2. The summed E-state index contributed by atoms with van der Waals surface area (Å²) in [6, 6.07) is 15.2. The number of para-hydroxylation sites is 1. The van der Waals surface area contributed by atoms with Gasteiger partial charge >= 0.3 is 0 Å². The Hall–Kier alpha value is -2.30. The molecule has 130 valence electrons. The molecule has 0 saturated carbocycles. The van der Waals surface area contributed by atoms with Crippen molar-refractivity contribution in [1.29, 1.82) is 0 Å². The molecule has 25 heavy (non-hydrogen) atoms. The predicted molar refractivity (Wildman–Crippen MR) is 101 cm³/mol. The lowest BCUT2D eigenvalue weighted by Crippen LogP contribution is -2.17. The van der Waals surface area contributed by atoms with Gasteiger partial charge in [0.05, 0.1) is 19.2 Å². The van der Waals surface area contributed by atoms with Gasteiger partial charge in [0.15, 0.2) is 0 Å². The fourth-order valence-electron chi connectivity index (χ4n) is 3.83. The molecule has 0 amide bonds. The Labute approximate surface area is 148 Å². The quantitative estimate of drug-likeness (QED) is 0.790. The van der Waals surface area contributed by atoms with Crippen LogP contribution in [0.1, 0.15) is 11.3 Å². The minimum absolute atomic E-state index is 0.568. The van der Waals surface area contributed by atoms with Crippen molar-refractivity contribution in [2.75, 3.05) is 27.3 Å². The van der Waals surface area contributed by atoms with Gasteiger partial charge in [-0.1, -0.05) is 24.3 Å². The summed E-state index contributed by atoms with van der Waals surface area (Å²) in [6.07, 6.45) is 1.07. The number of methoxy groups -OCH3 is 2. The van der Waals surface area contributed by atoms with Crippen molar-refractivity contribution < 1.29 is 9.47 Å². The highest BCUT2D eigenvalue weighted by Gasteiger charge is 2.17. The molecule has 0 bridgehead atoms. The first kappa shape index (κ1) is 16.2. The molecule has 4 nitrogen and oxygen atoms in total. The number of ether oxygens (including phenoxy) is 2. The fraction of sp³-hybridized carbons (Fsp3) is 0.333. The molecule has 1 aromatic heterocycles. The molecule has 2 heterocycles. The van der Waals surface area contributed by atoms with Crippen LogP contribution in [0.5, 0.6) is 5.75 Å². The molecule has 0 saturated heterocycles. The van der Waals surface area contributed by atoms with Gasteiger partial charge in [-0.2, -0.15) is 0 Å². The van der Waals surface area contributed by atoms with Crippen LogP contribution >= 0.6 is 0 Å². The molecule has 1 aliphatic heterocycles. The van der Waals surface area contributed by atoms with Gasteiger partial charge in [-0.25, -0.2) is 0 Å². The monoisotopic (exact) mass is 336 g/mol. The van der Waals surface area contributed by atoms with Gasteiger partial charge in [0, 0.05) is 49.8 Å². The zero-order chi connectivity index (χ0) is 17.2. The Morgan fingerprint density at radius 1 is 1.04 bits per heavy atom. The van der Waals surface area contributed by atoms with E-state index in [-0.39, 0.29) is 0 Å². The van der Waals surface area contributed by atoms with E-state index < -0.39 is 0 Å². The van der Waals surface area contributed by atoms with E-state index >= 15 is 0 Å². The van der Waals surface area contributed by atoms with Gasteiger partial charge in [-0.05, 0) is 29.3 Å². The minimum Gasteiger partial charge on any atom is -0.497 e. The standard InChI is InChI=1S/C21H24N2O2/c1-24-14-16-13-18(25-2)6-7-19(16)20-5-3-4-15-12-17-8-9-22-10-11-23(17)21(15)20/h3-7,12-13,22H,8-11,14H2,1-2H3. The molecule has 0 unspecified atom stereocenters. The second-order valence-electron chi connectivity index (χ2n) is 6.49. The molecule has 4 heteroatoms. The van der Waals surface area contributed by atoms with Gasteiger partial charge in [-0.15, -0.1) is 0 Å². The summed E-state index contributed by atoms with van der Waals surface area (Å²) in [4.78, 5) is 0. The minimum atomic E-state index is 0.568. The van der Waals surface area contributed by atoms with E-state index in [1.807, 2.05) is 6.07 Å². The molecule has 0 radical (unpaired) electrons. The highest BCUT2D eigenvalue weighted by Crippen LogP contribution is 2.35. The van der Waals surface area contributed by atoms with Crippen LogP contribution in [0.25, 0.3) is 22.0 Å². The molecule has 0 spiro atoms. The van der Waals surface area contributed by atoms with Crippen molar-refractivity contribution in [3.63, 3.8) is 0 Å². The second-order valence-corrected chi connectivity index (χ2v) is 6.49. The van der Waals surface area contributed by atoms with E-state index in [4.69, 9.17) is 9.47 Å². The molecule has 1 N–H and O–H groups in total. The lowest BCUT2D eigenvalue weighted by Gasteiger charge is -2.15. The van der Waals surface area contributed by atoms with E-state index in [9.17, 15) is 0 Å². The number of hydrogen-bond donors (Lipinski definition) is 1. The van der Waals surface area contributed by atoms with Gasteiger partial charge in [-0.3, -0.25) is 0 Å². The van der Waals surface area contributed by atoms with E-state index in [0.717, 1.165) is 37.4 Å². The van der Waals surface area contributed by atoms with E-state index in [0.29, 0.717) is 6.61 Å². The van der Waals surface area contributed by atoms with Crippen LogP contribution in [0, 0.1) is 0 Å². The molecule has 1 aliphatic rings. The number of hydrogen-bond acceptors (Lipinski definition) is 3. The summed E-state index contributed by atoms with van der Waals surface area (Å²) < 4.78 is 13.3. The summed E-state index contributed by atoms with van der Waals surface area (Å²) >= 11 is 0. The number of nitrogens with zero attached hydrogens (tertiary/aromatic N) is 1. The maximum Gasteiger partial charge on any atom is 0.119 e. The molecule has 0 aliphatic carbocycles. The summed E-state index contributed by atoms with van der Waals surface area (Å²) in [5.41, 5.74) is 6.36. The topological polar surface area (TPSA) is 35.4 Å². The van der Waals surface area contributed by atoms with Crippen LogP contribution in [0.2, 0.25) is 0 Å². The zero-order valence-corrected chi connectivity index (χ0v) is 14.8. The number of aromatic nitrogens is 1. The van der Waals surface area contributed by atoms with Crippen molar-refractivity contribution in [1.82, 2.24) is 9.88 Å². The first-order valence-electron chi connectivity index (χ1n) is 8.80. The molecular weight excluding hydrogens is 312 g/mol. The number of rotatable bonds is 4. The Morgan fingerprint density at radius 3 is 2.80 bits per heavy atom. The lowest BCUT2D eigenvalue weighted by atomic mass is 9.97. The molecule has 4 rings (SSSR count). The van der Waals surface area contributed by atoms with E-state index in [2.05, 4.69) is 46.3 Å². The van der Waals surface area contributed by atoms with Crippen molar-refractivity contribution in [2.45, 2.75) is 19.6 Å². The number of nitrogens with one attached hydrogen (secondary N) is 1. The lowest BCUT2D eigenvalue weighted by molar-refractivity contribution is 0.185. The van der Waals surface area contributed by atoms with Crippen molar-refractivity contribution in [3.8, 4) is 16.9 Å². The highest BCUT2D eigenvalue weighted by molar-refractivity contribution is 5.96. The van der Waals surface area contributed by atoms with Crippen molar-refractivity contribution in [2.24, 2.45) is 0 Å². The Morgan fingerprint density at radius 2 is 1.96 bits per heavy atom. The van der Waals surface area contributed by atoms with Crippen molar-refractivity contribution >= 4 is 10.9 Å². The highest BCUT2D eigenvalue weighted by atomic mass is 16.5. The average Bonchev–Trinajstić information content (AvgIpc) is 2.83. The third-order valence-electron chi connectivity index (χ3n) is 4.98. The van der Waals surface area contributed by atoms with E-state index in [1.165, 1.54) is 27.7 Å². The predicted octanol–water partition coefficient (Wildman–Crippen LogP) is 3.61. The summed E-state index contributed by atoms with van der Waals surface area (Å²) in [5.74, 6) is 0.862. The largest absolute Gasteiger partial charge is 0.497 e. The van der Waals surface area contributed by atoms with Crippen LogP contribution in [-0.4, -0.2) is 31.9 Å². The molecule has 3 aromatic rings. The summed E-state index contributed by atoms with van der Waals surface area (Å²) in [5, 5.41) is 4.81. The summed E-state index contributed by atoms with van der Waals surface area (Å²) in [7, 11) is 3.44. The van der Waals surface area contributed by atoms with Crippen LogP contribution in [-0.2, 0) is 24.3 Å². The first-order chi connectivity index (χ1) is 12.3. The Balaban J connectivity index is 1.94. The summed E-state index contributed by atoms with van der Waals surface area (Å²) in [6.45, 7) is 3.63. The van der Waals surface area contributed by atoms with Gasteiger partial charge < -0.3 is 19.4 Å². The molecule has 0 atom stereocenters. The molecule has 0 fully saturated rings. The van der Waals surface area contributed by atoms with Gasteiger partial charge in [0.2, 0.25) is 0 Å². The number of fused-ring (bicyclic) bond motifs is 3. The SMILES string of the molecule is COCc1cc(OC)ccc1-c1cccc2cc3n(c12)CCNCC3. The van der Waals surface area contributed by atoms with Crippen molar-refractivity contribution in [3.05, 3.63) is 53.7 Å². The van der Waals surface area contributed by atoms with Crippen LogP contribution in [0.15, 0.2) is 42.5 Å². The smallest absolute Gasteiger partial charge is 0.119 e. The average molecular weight is 336 g/mol. The maximum atomic E-state index is 5.44. The fourth-order valence-corrected chi connectivity index (χ4v) is 3.83. The van der Waals surface area contributed by atoms with E-state index in [1.54, 1.807) is 14.2 Å². The second kappa shape index (κ2) is 6.90. The van der Waals surface area contributed by atoms with Crippen LogP contribution in [0.4, 0.5) is 0 Å². The maximum absolute atomic E-state index is 5.44. The number of benzene rings is 2. The normalized spacial score (nSPS) is 14.3. The molecule has 2 aromatic carbocycles. The Bertz CT molecular complexity index is 898. The third kappa shape index (κ3) is 2.92. The van der Waals surface area contributed by atoms with Crippen LogP contribution in [0.3, 0.4) is 0 Å². The van der Waals surface area contributed by atoms with Crippen LogP contribution < -0.4 is 10.1 Å². The van der Waals surface area contributed by atoms with Gasteiger partial charge in [0.1, 0.15) is 5.75 Å². The third-order valence-corrected chi connectivity index (χ3v) is 4.98. The zero-order valence-electron chi connectivity index (χ0n) is 14.8. The first-order valence-corrected chi connectivity index (χ1v) is 8.80. The Kier molecular flexibility index (Phi) is 4.47.